The lowest BCUT2D eigenvalue weighted by atomic mass is 9.72. The molecule has 2 aromatic carbocycles. The van der Waals surface area contributed by atoms with Crippen LogP contribution in [0.25, 0.3) is 0 Å². The number of hydrogen-bond acceptors (Lipinski definition) is 4. The van der Waals surface area contributed by atoms with E-state index in [2.05, 4.69) is 0 Å². The number of ether oxygens (including phenoxy) is 1. The van der Waals surface area contributed by atoms with Crippen molar-refractivity contribution in [2.45, 2.75) is 18.1 Å². The van der Waals surface area contributed by atoms with Crippen LogP contribution in [0.4, 0.5) is 15.8 Å². The molecule has 1 amide bonds. The Bertz CT molecular complexity index is 868. The standard InChI is InChI=1S/C19H17FN2O2S/c1-24-17-18(23)22-15-6-4-3-5-14(15)21-16(25-2)11-19(17,22)12-7-9-13(20)10-8-12/h3-10,17H,11H2,1-2H3. The Kier molecular flexibility index (Phi) is 3.89. The van der Waals surface area contributed by atoms with Crippen LogP contribution in [-0.2, 0) is 15.1 Å². The third-order valence-corrected chi connectivity index (χ3v) is 5.59. The first-order valence-electron chi connectivity index (χ1n) is 7.95. The molecule has 0 spiro atoms. The maximum atomic E-state index is 13.5. The summed E-state index contributed by atoms with van der Waals surface area (Å²) in [6.45, 7) is 0. The van der Waals surface area contributed by atoms with Crippen LogP contribution >= 0.6 is 11.8 Å². The van der Waals surface area contributed by atoms with Gasteiger partial charge in [0.2, 0.25) is 0 Å². The number of amides is 1. The number of thioether (sulfide) groups is 1. The molecule has 25 heavy (non-hydrogen) atoms. The van der Waals surface area contributed by atoms with E-state index in [-0.39, 0.29) is 11.7 Å². The zero-order valence-corrected chi connectivity index (χ0v) is 14.7. The number of nitrogens with zero attached hydrogens (tertiary/aromatic N) is 2. The first kappa shape index (κ1) is 16.3. The highest BCUT2D eigenvalue weighted by molar-refractivity contribution is 8.13. The first-order valence-corrected chi connectivity index (χ1v) is 9.18. The Morgan fingerprint density at radius 3 is 2.64 bits per heavy atom. The monoisotopic (exact) mass is 356 g/mol. The number of rotatable bonds is 2. The molecule has 4 rings (SSSR count). The molecule has 0 bridgehead atoms. The lowest BCUT2D eigenvalue weighted by Crippen LogP contribution is -2.73. The van der Waals surface area contributed by atoms with E-state index < -0.39 is 11.6 Å². The quantitative estimate of drug-likeness (QED) is 0.767. The maximum Gasteiger partial charge on any atom is 0.259 e. The normalized spacial score (nSPS) is 24.8. The van der Waals surface area contributed by atoms with E-state index in [0.717, 1.165) is 22.0 Å². The van der Waals surface area contributed by atoms with Crippen LogP contribution in [0.1, 0.15) is 12.0 Å². The number of β-lactam (4-membered cyclic amide) rings is 1. The van der Waals surface area contributed by atoms with Gasteiger partial charge in [0.25, 0.3) is 5.91 Å². The van der Waals surface area contributed by atoms with Gasteiger partial charge in [-0.25, -0.2) is 9.38 Å². The number of hydrogen-bond donors (Lipinski definition) is 0. The van der Waals surface area contributed by atoms with Gasteiger partial charge in [-0.05, 0) is 36.1 Å². The summed E-state index contributed by atoms with van der Waals surface area (Å²) in [7, 11) is 1.54. The number of methoxy groups -OCH3 is 1. The zero-order chi connectivity index (χ0) is 17.6. The molecular weight excluding hydrogens is 339 g/mol. The second-order valence-corrected chi connectivity index (χ2v) is 6.98. The van der Waals surface area contributed by atoms with E-state index in [0.29, 0.717) is 6.42 Å². The molecule has 4 nitrogen and oxygen atoms in total. The predicted octanol–water partition coefficient (Wildman–Crippen LogP) is 3.88. The number of aliphatic imine (C=N–C) groups is 1. The Morgan fingerprint density at radius 1 is 1.24 bits per heavy atom. The SMILES string of the molecule is COC1C(=O)N2c3ccccc3N=C(SC)CC12c1ccc(F)cc1. The molecule has 0 saturated carbocycles. The smallest absolute Gasteiger partial charge is 0.259 e. The molecule has 0 aromatic heterocycles. The summed E-state index contributed by atoms with van der Waals surface area (Å²) in [4.78, 5) is 19.4. The van der Waals surface area contributed by atoms with Gasteiger partial charge < -0.3 is 4.74 Å². The van der Waals surface area contributed by atoms with Crippen molar-refractivity contribution in [3.8, 4) is 0 Å². The van der Waals surface area contributed by atoms with Crippen LogP contribution in [0.3, 0.4) is 0 Å². The Labute approximate surface area is 149 Å². The molecule has 0 N–H and O–H groups in total. The van der Waals surface area contributed by atoms with Crippen molar-refractivity contribution in [1.82, 2.24) is 0 Å². The fourth-order valence-corrected chi connectivity index (χ4v) is 4.32. The molecule has 0 aliphatic carbocycles. The molecule has 1 fully saturated rings. The Balaban J connectivity index is 1.96. The highest BCUT2D eigenvalue weighted by Crippen LogP contribution is 2.53. The van der Waals surface area contributed by atoms with Crippen LogP contribution in [0, 0.1) is 5.82 Å². The van der Waals surface area contributed by atoms with Gasteiger partial charge in [-0.1, -0.05) is 24.3 Å². The third-order valence-electron chi connectivity index (χ3n) is 4.88. The molecule has 2 aliphatic rings. The predicted molar refractivity (Wildman–Crippen MR) is 98.0 cm³/mol. The summed E-state index contributed by atoms with van der Waals surface area (Å²) >= 11 is 1.55. The van der Waals surface area contributed by atoms with E-state index in [1.165, 1.54) is 19.2 Å². The highest BCUT2D eigenvalue weighted by Gasteiger charge is 2.63. The van der Waals surface area contributed by atoms with Crippen molar-refractivity contribution in [2.75, 3.05) is 18.3 Å². The topological polar surface area (TPSA) is 41.9 Å². The number of halogens is 1. The van der Waals surface area contributed by atoms with Gasteiger partial charge in [-0.2, -0.15) is 0 Å². The summed E-state index contributed by atoms with van der Waals surface area (Å²) in [5.74, 6) is -0.407. The Hall–Kier alpha value is -2.18. The minimum atomic E-state index is -0.714. The maximum absolute atomic E-state index is 13.5. The molecule has 1 saturated heterocycles. The van der Waals surface area contributed by atoms with Crippen molar-refractivity contribution >= 4 is 34.1 Å². The minimum Gasteiger partial charge on any atom is -0.369 e. The van der Waals surface area contributed by atoms with E-state index in [4.69, 9.17) is 9.73 Å². The van der Waals surface area contributed by atoms with Crippen LogP contribution in [0.2, 0.25) is 0 Å². The summed E-state index contributed by atoms with van der Waals surface area (Å²) in [5.41, 5.74) is 1.65. The van der Waals surface area contributed by atoms with Gasteiger partial charge in [0.1, 0.15) is 11.4 Å². The number of para-hydroxylation sites is 2. The summed E-state index contributed by atoms with van der Waals surface area (Å²) in [6.07, 6.45) is 1.87. The van der Waals surface area contributed by atoms with Crippen molar-refractivity contribution in [3.63, 3.8) is 0 Å². The summed E-state index contributed by atoms with van der Waals surface area (Å²) < 4.78 is 19.0. The van der Waals surface area contributed by atoms with E-state index in [9.17, 15) is 9.18 Å². The van der Waals surface area contributed by atoms with Crippen molar-refractivity contribution in [2.24, 2.45) is 4.99 Å². The number of carbonyl (C=O) groups is 1. The number of benzene rings is 2. The van der Waals surface area contributed by atoms with Crippen LogP contribution < -0.4 is 4.90 Å². The van der Waals surface area contributed by atoms with Gasteiger partial charge in [-0.3, -0.25) is 9.69 Å². The fraction of sp³-hybridized carbons (Fsp3) is 0.263. The fourth-order valence-electron chi connectivity index (χ4n) is 3.76. The summed E-state index contributed by atoms with van der Waals surface area (Å²) in [5, 5.41) is 0.911. The third kappa shape index (κ3) is 2.24. The molecular formula is C19H17FN2O2S. The molecule has 0 radical (unpaired) electrons. The van der Waals surface area contributed by atoms with Gasteiger partial charge >= 0.3 is 0 Å². The van der Waals surface area contributed by atoms with E-state index >= 15 is 0 Å². The van der Waals surface area contributed by atoms with Crippen molar-refractivity contribution in [1.29, 1.82) is 0 Å². The second kappa shape index (κ2) is 5.97. The molecule has 2 unspecified atom stereocenters. The second-order valence-electron chi connectivity index (χ2n) is 6.10. The molecule has 6 heteroatoms. The van der Waals surface area contributed by atoms with Crippen LogP contribution in [-0.4, -0.2) is 30.4 Å². The molecule has 128 valence electrons. The number of carbonyl (C=O) groups excluding carboxylic acids is 1. The Morgan fingerprint density at radius 2 is 1.96 bits per heavy atom. The van der Waals surface area contributed by atoms with Gasteiger partial charge in [0, 0.05) is 13.5 Å². The van der Waals surface area contributed by atoms with Gasteiger partial charge in [0.15, 0.2) is 6.10 Å². The molecule has 2 heterocycles. The van der Waals surface area contributed by atoms with Gasteiger partial charge in [0.05, 0.1) is 16.4 Å². The minimum absolute atomic E-state index is 0.100. The average molecular weight is 356 g/mol. The van der Waals surface area contributed by atoms with E-state index in [1.807, 2.05) is 30.5 Å². The molecule has 2 aliphatic heterocycles. The average Bonchev–Trinajstić information content (AvgIpc) is 2.75. The first-order chi connectivity index (χ1) is 12.1. The van der Waals surface area contributed by atoms with Crippen molar-refractivity contribution in [3.05, 3.63) is 59.9 Å². The van der Waals surface area contributed by atoms with Crippen LogP contribution in [0.15, 0.2) is 53.5 Å². The lowest BCUT2D eigenvalue weighted by molar-refractivity contribution is -0.147. The van der Waals surface area contributed by atoms with Crippen LogP contribution in [0.5, 0.6) is 0 Å². The number of anilines is 1. The molecule has 2 aromatic rings. The largest absolute Gasteiger partial charge is 0.369 e. The number of fused-ring (bicyclic) bond motifs is 3. The summed E-state index contributed by atoms with van der Waals surface area (Å²) in [6, 6.07) is 13.9. The van der Waals surface area contributed by atoms with E-state index in [1.54, 1.807) is 28.8 Å². The van der Waals surface area contributed by atoms with Crippen molar-refractivity contribution < 1.29 is 13.9 Å². The zero-order valence-electron chi connectivity index (χ0n) is 13.9. The highest BCUT2D eigenvalue weighted by atomic mass is 32.2. The molecule has 2 atom stereocenters. The van der Waals surface area contributed by atoms with Gasteiger partial charge in [-0.15, -0.1) is 11.8 Å². The lowest BCUT2D eigenvalue weighted by Gasteiger charge is -2.56.